The van der Waals surface area contributed by atoms with Crippen molar-refractivity contribution >= 4 is 24.2 Å². The van der Waals surface area contributed by atoms with Crippen molar-refractivity contribution in [2.24, 2.45) is 17.1 Å². The Bertz CT molecular complexity index is 418. The topological polar surface area (TPSA) is 66.6 Å². The molecule has 0 aromatic carbocycles. The Hall–Kier alpha value is -0.810. The molecule has 1 saturated heterocycles. The highest BCUT2D eigenvalue weighted by Gasteiger charge is 2.38. The lowest BCUT2D eigenvalue weighted by Crippen LogP contribution is -2.55. The van der Waals surface area contributed by atoms with E-state index in [-0.39, 0.29) is 24.2 Å². The van der Waals surface area contributed by atoms with Gasteiger partial charge in [-0.2, -0.15) is 0 Å². The molecule has 1 aliphatic heterocycles. The number of carbonyl (C=O) groups is 2. The number of rotatable bonds is 7. The summed E-state index contributed by atoms with van der Waals surface area (Å²) < 4.78 is 0. The highest BCUT2D eigenvalue weighted by atomic mass is 35.5. The fourth-order valence-electron chi connectivity index (χ4n) is 4.21. The molecule has 6 heteroatoms. The van der Waals surface area contributed by atoms with Crippen LogP contribution in [0.25, 0.3) is 0 Å². The van der Waals surface area contributed by atoms with Crippen LogP contribution in [-0.2, 0) is 9.59 Å². The summed E-state index contributed by atoms with van der Waals surface area (Å²) in [6.07, 6.45) is 8.53. The highest BCUT2D eigenvalue weighted by molar-refractivity contribution is 5.85. The van der Waals surface area contributed by atoms with Gasteiger partial charge in [0.1, 0.15) is 0 Å². The van der Waals surface area contributed by atoms with Crippen LogP contribution in [0, 0.1) is 11.3 Å². The van der Waals surface area contributed by atoms with Crippen molar-refractivity contribution in [3.05, 3.63) is 0 Å². The molecule has 0 aromatic heterocycles. The van der Waals surface area contributed by atoms with Gasteiger partial charge in [0.15, 0.2) is 0 Å². The average molecular weight is 374 g/mol. The van der Waals surface area contributed by atoms with Crippen LogP contribution in [0.1, 0.15) is 65.2 Å². The second kappa shape index (κ2) is 10.4. The summed E-state index contributed by atoms with van der Waals surface area (Å²) in [7, 11) is 0. The van der Waals surface area contributed by atoms with E-state index >= 15 is 0 Å². The molecule has 0 aromatic rings. The molecule has 25 heavy (non-hydrogen) atoms. The number of nitrogens with zero attached hydrogens (tertiary/aromatic N) is 2. The molecular weight excluding hydrogens is 338 g/mol. The van der Waals surface area contributed by atoms with E-state index in [0.29, 0.717) is 39.1 Å². The number of carbonyl (C=O) groups excluding carboxylic acids is 2. The lowest BCUT2D eigenvalue weighted by Gasteiger charge is -2.40. The molecule has 2 aliphatic rings. The fraction of sp³-hybridized carbons (Fsp3) is 0.895. The molecule has 0 radical (unpaired) electrons. The Labute approximate surface area is 159 Å². The third-order valence-corrected chi connectivity index (χ3v) is 6.36. The molecule has 0 bridgehead atoms. The number of hydrogen-bond donors (Lipinski definition) is 1. The number of halogens is 1. The van der Waals surface area contributed by atoms with Crippen molar-refractivity contribution in [2.45, 2.75) is 65.2 Å². The van der Waals surface area contributed by atoms with Gasteiger partial charge in [-0.25, -0.2) is 0 Å². The first-order chi connectivity index (χ1) is 11.6. The van der Waals surface area contributed by atoms with Crippen molar-refractivity contribution < 1.29 is 9.59 Å². The van der Waals surface area contributed by atoms with Crippen molar-refractivity contribution in [3.8, 4) is 0 Å². The van der Waals surface area contributed by atoms with Crippen molar-refractivity contribution in [1.82, 2.24) is 9.80 Å². The van der Waals surface area contributed by atoms with Crippen LogP contribution < -0.4 is 5.73 Å². The number of amides is 2. The van der Waals surface area contributed by atoms with Crippen molar-refractivity contribution in [1.29, 1.82) is 0 Å². The zero-order valence-corrected chi connectivity index (χ0v) is 16.8. The van der Waals surface area contributed by atoms with Crippen LogP contribution in [-0.4, -0.2) is 54.3 Å². The lowest BCUT2D eigenvalue weighted by molar-refractivity contribution is -0.147. The van der Waals surface area contributed by atoms with Gasteiger partial charge in [0.05, 0.1) is 5.41 Å². The van der Waals surface area contributed by atoms with Gasteiger partial charge in [-0.05, 0) is 25.2 Å². The molecule has 0 unspecified atom stereocenters. The van der Waals surface area contributed by atoms with Crippen LogP contribution in [0.15, 0.2) is 0 Å². The number of piperazine rings is 1. The van der Waals surface area contributed by atoms with Gasteiger partial charge < -0.3 is 15.5 Å². The zero-order valence-electron chi connectivity index (χ0n) is 16.0. The smallest absolute Gasteiger partial charge is 0.230 e. The third-order valence-electron chi connectivity index (χ3n) is 6.36. The standard InChI is InChI=1S/C19H35N3O2.ClH/c1-3-19(4-2,15-20)18(24)22-13-11-21(12-14-22)17(23)10-9-16-7-5-6-8-16;/h16H,3-15,20H2,1-2H3;1H. The molecule has 1 heterocycles. The van der Waals surface area contributed by atoms with E-state index in [9.17, 15) is 9.59 Å². The van der Waals surface area contributed by atoms with Gasteiger partial charge in [-0.15, -0.1) is 12.4 Å². The molecule has 1 saturated carbocycles. The average Bonchev–Trinajstić information content (AvgIpc) is 3.15. The minimum absolute atomic E-state index is 0. The summed E-state index contributed by atoms with van der Waals surface area (Å²) in [5.74, 6) is 1.20. The molecule has 0 atom stereocenters. The summed E-state index contributed by atoms with van der Waals surface area (Å²) >= 11 is 0. The first-order valence-electron chi connectivity index (χ1n) is 9.83. The molecule has 0 spiro atoms. The molecule has 1 aliphatic carbocycles. The van der Waals surface area contributed by atoms with E-state index in [1.807, 2.05) is 23.6 Å². The van der Waals surface area contributed by atoms with Crippen LogP contribution in [0.3, 0.4) is 0 Å². The Morgan fingerprint density at radius 2 is 1.52 bits per heavy atom. The monoisotopic (exact) mass is 373 g/mol. The van der Waals surface area contributed by atoms with Crippen LogP contribution in [0.5, 0.6) is 0 Å². The maximum absolute atomic E-state index is 12.8. The molecule has 2 amide bonds. The van der Waals surface area contributed by atoms with E-state index in [4.69, 9.17) is 5.73 Å². The zero-order chi connectivity index (χ0) is 17.6. The van der Waals surface area contributed by atoms with Crippen molar-refractivity contribution in [3.63, 3.8) is 0 Å². The highest BCUT2D eigenvalue weighted by Crippen LogP contribution is 2.30. The first-order valence-corrected chi connectivity index (χ1v) is 9.83. The quantitative estimate of drug-likeness (QED) is 0.746. The summed E-state index contributed by atoms with van der Waals surface area (Å²) in [6, 6.07) is 0. The van der Waals surface area contributed by atoms with E-state index in [1.165, 1.54) is 25.7 Å². The van der Waals surface area contributed by atoms with Crippen LogP contribution >= 0.6 is 12.4 Å². The fourth-order valence-corrected chi connectivity index (χ4v) is 4.21. The molecule has 146 valence electrons. The van der Waals surface area contributed by atoms with E-state index in [2.05, 4.69) is 0 Å². The van der Waals surface area contributed by atoms with Crippen LogP contribution in [0.2, 0.25) is 0 Å². The Morgan fingerprint density at radius 3 is 2.00 bits per heavy atom. The van der Waals surface area contributed by atoms with Gasteiger partial charge in [-0.1, -0.05) is 39.5 Å². The van der Waals surface area contributed by atoms with E-state index < -0.39 is 5.41 Å². The van der Waals surface area contributed by atoms with Crippen LogP contribution in [0.4, 0.5) is 0 Å². The number of nitrogens with two attached hydrogens (primary N) is 1. The Balaban J connectivity index is 0.00000312. The normalized spacial score (nSPS) is 19.0. The molecule has 2 fully saturated rings. The van der Waals surface area contributed by atoms with Gasteiger partial charge in [0, 0.05) is 39.1 Å². The SMILES string of the molecule is CCC(CC)(CN)C(=O)N1CCN(C(=O)CCC2CCCC2)CC1.Cl. The number of hydrogen-bond acceptors (Lipinski definition) is 3. The van der Waals surface area contributed by atoms with E-state index in [0.717, 1.165) is 25.2 Å². The summed E-state index contributed by atoms with van der Waals surface area (Å²) in [5, 5.41) is 0. The predicted octanol–water partition coefficient (Wildman–Crippen LogP) is 2.81. The summed E-state index contributed by atoms with van der Waals surface area (Å²) in [4.78, 5) is 29.1. The van der Waals surface area contributed by atoms with Crippen molar-refractivity contribution in [2.75, 3.05) is 32.7 Å². The molecule has 5 nitrogen and oxygen atoms in total. The molecule has 2 N–H and O–H groups in total. The second-order valence-electron chi connectivity index (χ2n) is 7.55. The van der Waals surface area contributed by atoms with Gasteiger partial charge in [-0.3, -0.25) is 9.59 Å². The summed E-state index contributed by atoms with van der Waals surface area (Å²) in [5.41, 5.74) is 5.48. The molecule has 2 rings (SSSR count). The Kier molecular flexibility index (Phi) is 9.22. The molecular formula is C19H36ClN3O2. The lowest BCUT2D eigenvalue weighted by atomic mass is 9.81. The predicted molar refractivity (Wildman–Crippen MR) is 104 cm³/mol. The maximum atomic E-state index is 12.8. The third kappa shape index (κ3) is 5.33. The van der Waals surface area contributed by atoms with Gasteiger partial charge in [0.2, 0.25) is 11.8 Å². The second-order valence-corrected chi connectivity index (χ2v) is 7.55. The Morgan fingerprint density at radius 1 is 1.00 bits per heavy atom. The minimum Gasteiger partial charge on any atom is -0.339 e. The summed E-state index contributed by atoms with van der Waals surface area (Å²) in [6.45, 7) is 7.12. The largest absolute Gasteiger partial charge is 0.339 e. The van der Waals surface area contributed by atoms with E-state index in [1.54, 1.807) is 0 Å². The van der Waals surface area contributed by atoms with Gasteiger partial charge >= 0.3 is 0 Å². The maximum Gasteiger partial charge on any atom is 0.230 e. The minimum atomic E-state index is -0.422. The first kappa shape index (κ1) is 22.2. The van der Waals surface area contributed by atoms with Gasteiger partial charge in [0.25, 0.3) is 0 Å².